The number of hydrogen-bond donors (Lipinski definition) is 1. The SMILES string of the molecule is CCCNC(Cc1ccc(Br)s1)c1ccc(C)c(Cl)c1. The number of hydrogen-bond acceptors (Lipinski definition) is 2. The highest BCUT2D eigenvalue weighted by molar-refractivity contribution is 9.11. The minimum Gasteiger partial charge on any atom is -0.310 e. The van der Waals surface area contributed by atoms with Gasteiger partial charge in [0.05, 0.1) is 3.79 Å². The maximum absolute atomic E-state index is 6.27. The average Bonchev–Trinajstić information content (AvgIpc) is 2.83. The molecule has 0 fully saturated rings. The number of benzene rings is 1. The van der Waals surface area contributed by atoms with E-state index >= 15 is 0 Å². The van der Waals surface area contributed by atoms with Crippen molar-refractivity contribution in [1.29, 1.82) is 0 Å². The van der Waals surface area contributed by atoms with Gasteiger partial charge in [0, 0.05) is 22.4 Å². The van der Waals surface area contributed by atoms with Crippen molar-refractivity contribution in [2.24, 2.45) is 0 Å². The topological polar surface area (TPSA) is 12.0 Å². The van der Waals surface area contributed by atoms with Crippen molar-refractivity contribution in [3.8, 4) is 0 Å². The van der Waals surface area contributed by atoms with Gasteiger partial charge in [-0.3, -0.25) is 0 Å². The van der Waals surface area contributed by atoms with Crippen LogP contribution in [0.2, 0.25) is 5.02 Å². The summed E-state index contributed by atoms with van der Waals surface area (Å²) in [5.74, 6) is 0. The lowest BCUT2D eigenvalue weighted by Crippen LogP contribution is -2.23. The minimum atomic E-state index is 0.318. The summed E-state index contributed by atoms with van der Waals surface area (Å²) >= 11 is 11.6. The molecule has 1 N–H and O–H groups in total. The van der Waals surface area contributed by atoms with E-state index in [1.807, 2.05) is 6.92 Å². The molecule has 1 nitrogen and oxygen atoms in total. The predicted molar refractivity (Wildman–Crippen MR) is 92.9 cm³/mol. The first kappa shape index (κ1) is 16.0. The van der Waals surface area contributed by atoms with Gasteiger partial charge in [-0.05, 0) is 65.1 Å². The average molecular weight is 373 g/mol. The Morgan fingerprint density at radius 2 is 2.10 bits per heavy atom. The molecule has 2 rings (SSSR count). The maximum atomic E-state index is 6.27. The first-order chi connectivity index (χ1) is 9.60. The molecule has 2 aromatic rings. The molecule has 1 aromatic carbocycles. The molecular formula is C16H19BrClNS. The van der Waals surface area contributed by atoms with Gasteiger partial charge in [-0.1, -0.05) is 30.7 Å². The molecule has 0 saturated carbocycles. The highest BCUT2D eigenvalue weighted by Gasteiger charge is 2.13. The molecule has 0 aliphatic heterocycles. The van der Waals surface area contributed by atoms with E-state index in [0.717, 1.165) is 30.0 Å². The van der Waals surface area contributed by atoms with Crippen LogP contribution in [0.3, 0.4) is 0 Å². The van der Waals surface area contributed by atoms with Crippen molar-refractivity contribution in [2.45, 2.75) is 32.7 Å². The molecule has 20 heavy (non-hydrogen) atoms. The molecule has 1 atom stereocenters. The lowest BCUT2D eigenvalue weighted by Gasteiger charge is -2.19. The summed E-state index contributed by atoms with van der Waals surface area (Å²) in [5.41, 5.74) is 2.39. The largest absolute Gasteiger partial charge is 0.310 e. The first-order valence-corrected chi connectivity index (χ1v) is 8.82. The van der Waals surface area contributed by atoms with Crippen molar-refractivity contribution >= 4 is 38.9 Å². The van der Waals surface area contributed by atoms with Gasteiger partial charge in [0.25, 0.3) is 0 Å². The lowest BCUT2D eigenvalue weighted by atomic mass is 10.0. The smallest absolute Gasteiger partial charge is 0.0701 e. The predicted octanol–water partition coefficient (Wildman–Crippen LogP) is 5.76. The minimum absolute atomic E-state index is 0.318. The van der Waals surface area contributed by atoms with Crippen molar-refractivity contribution in [3.63, 3.8) is 0 Å². The quantitative estimate of drug-likeness (QED) is 0.680. The van der Waals surface area contributed by atoms with Crippen LogP contribution >= 0.6 is 38.9 Å². The summed E-state index contributed by atoms with van der Waals surface area (Å²) in [7, 11) is 0. The van der Waals surface area contributed by atoms with Crippen molar-refractivity contribution in [2.75, 3.05) is 6.54 Å². The fourth-order valence-electron chi connectivity index (χ4n) is 2.11. The molecule has 0 radical (unpaired) electrons. The maximum Gasteiger partial charge on any atom is 0.0701 e. The van der Waals surface area contributed by atoms with Crippen molar-refractivity contribution in [3.05, 3.63) is 55.1 Å². The lowest BCUT2D eigenvalue weighted by molar-refractivity contribution is 0.532. The molecule has 0 saturated heterocycles. The van der Waals surface area contributed by atoms with E-state index in [1.54, 1.807) is 11.3 Å². The second-order valence-corrected chi connectivity index (χ2v) is 7.88. The molecule has 108 valence electrons. The zero-order valence-corrected chi connectivity index (χ0v) is 14.9. The van der Waals surface area contributed by atoms with Crippen LogP contribution in [0.15, 0.2) is 34.1 Å². The van der Waals surface area contributed by atoms with E-state index in [0.29, 0.717) is 6.04 Å². The zero-order valence-electron chi connectivity index (χ0n) is 11.7. The van der Waals surface area contributed by atoms with E-state index in [-0.39, 0.29) is 0 Å². The molecule has 1 unspecified atom stereocenters. The van der Waals surface area contributed by atoms with Crippen molar-refractivity contribution < 1.29 is 0 Å². The van der Waals surface area contributed by atoms with Crippen molar-refractivity contribution in [1.82, 2.24) is 5.32 Å². The molecule has 0 bridgehead atoms. The Bertz CT molecular complexity index is 567. The highest BCUT2D eigenvalue weighted by atomic mass is 79.9. The number of rotatable bonds is 6. The number of halogens is 2. The Hall–Kier alpha value is -0.350. The second kappa shape index (κ2) is 7.60. The molecule has 1 heterocycles. The summed E-state index contributed by atoms with van der Waals surface area (Å²) in [6.07, 6.45) is 2.12. The fourth-order valence-corrected chi connectivity index (χ4v) is 3.83. The summed E-state index contributed by atoms with van der Waals surface area (Å²) in [6.45, 7) is 5.24. The van der Waals surface area contributed by atoms with Gasteiger partial charge >= 0.3 is 0 Å². The van der Waals surface area contributed by atoms with Crippen LogP contribution in [0.25, 0.3) is 0 Å². The van der Waals surface area contributed by atoms with Crippen LogP contribution in [-0.4, -0.2) is 6.54 Å². The van der Waals surface area contributed by atoms with E-state index in [9.17, 15) is 0 Å². The van der Waals surface area contributed by atoms with Crippen LogP contribution in [0.1, 0.15) is 35.4 Å². The summed E-state index contributed by atoms with van der Waals surface area (Å²) in [4.78, 5) is 1.38. The summed E-state index contributed by atoms with van der Waals surface area (Å²) < 4.78 is 1.18. The molecule has 1 aromatic heterocycles. The van der Waals surface area contributed by atoms with Crippen LogP contribution in [0.4, 0.5) is 0 Å². The monoisotopic (exact) mass is 371 g/mol. The van der Waals surface area contributed by atoms with Crippen LogP contribution in [-0.2, 0) is 6.42 Å². The second-order valence-electron chi connectivity index (χ2n) is 4.93. The summed E-state index contributed by atoms with van der Waals surface area (Å²) in [6, 6.07) is 11.0. The molecule has 4 heteroatoms. The van der Waals surface area contributed by atoms with E-state index < -0.39 is 0 Å². The Morgan fingerprint density at radius 1 is 1.30 bits per heavy atom. The third kappa shape index (κ3) is 4.32. The molecule has 0 spiro atoms. The van der Waals surface area contributed by atoms with E-state index in [2.05, 4.69) is 58.5 Å². The Kier molecular flexibility index (Phi) is 6.09. The number of aryl methyl sites for hydroxylation is 1. The van der Waals surface area contributed by atoms with Crippen LogP contribution < -0.4 is 5.32 Å². The Labute approximate surface area is 138 Å². The molecule has 0 amide bonds. The van der Waals surface area contributed by atoms with Crippen LogP contribution in [0, 0.1) is 6.92 Å². The fraction of sp³-hybridized carbons (Fsp3) is 0.375. The highest BCUT2D eigenvalue weighted by Crippen LogP contribution is 2.28. The van der Waals surface area contributed by atoms with Gasteiger partial charge in [0.1, 0.15) is 0 Å². The normalized spacial score (nSPS) is 12.6. The Balaban J connectivity index is 2.19. The van der Waals surface area contributed by atoms with E-state index in [1.165, 1.54) is 14.2 Å². The first-order valence-electron chi connectivity index (χ1n) is 6.83. The van der Waals surface area contributed by atoms with Gasteiger partial charge in [-0.2, -0.15) is 0 Å². The van der Waals surface area contributed by atoms with Crippen LogP contribution in [0.5, 0.6) is 0 Å². The van der Waals surface area contributed by atoms with Gasteiger partial charge in [-0.15, -0.1) is 11.3 Å². The standard InChI is InChI=1S/C16H19BrClNS/c1-3-8-19-15(10-13-6-7-16(17)20-13)12-5-4-11(2)14(18)9-12/h4-7,9,15,19H,3,8,10H2,1-2H3. The molecule has 0 aliphatic rings. The summed E-state index contributed by atoms with van der Waals surface area (Å²) in [5, 5.41) is 4.47. The molecule has 0 aliphatic carbocycles. The Morgan fingerprint density at radius 3 is 2.70 bits per heavy atom. The van der Waals surface area contributed by atoms with Gasteiger partial charge in [-0.25, -0.2) is 0 Å². The third-order valence-corrected chi connectivity index (χ3v) is 5.33. The number of nitrogens with one attached hydrogen (secondary N) is 1. The van der Waals surface area contributed by atoms with E-state index in [4.69, 9.17) is 11.6 Å². The van der Waals surface area contributed by atoms with Gasteiger partial charge < -0.3 is 5.32 Å². The third-order valence-electron chi connectivity index (χ3n) is 3.27. The van der Waals surface area contributed by atoms with Gasteiger partial charge in [0.15, 0.2) is 0 Å². The van der Waals surface area contributed by atoms with Gasteiger partial charge in [0.2, 0.25) is 0 Å². The molecular weight excluding hydrogens is 354 g/mol. The zero-order chi connectivity index (χ0) is 14.5. The number of thiophene rings is 1.